The van der Waals surface area contributed by atoms with Gasteiger partial charge in [0, 0.05) is 27.1 Å². The maximum Gasteiger partial charge on any atom is 0.135 e. The zero-order chi connectivity index (χ0) is 33.0. The predicted octanol–water partition coefficient (Wildman–Crippen LogP) is 13.4. The molecule has 8 aromatic carbocycles. The lowest BCUT2D eigenvalue weighted by Gasteiger charge is -2.15. The second-order valence-electron chi connectivity index (χ2n) is 12.9. The molecule has 2 heteroatoms. The van der Waals surface area contributed by atoms with Crippen molar-refractivity contribution in [3.05, 3.63) is 188 Å². The molecule has 0 unspecified atom stereocenters. The zero-order valence-corrected chi connectivity index (χ0v) is 27.3. The molecule has 0 saturated heterocycles. The second-order valence-corrected chi connectivity index (χ2v) is 12.9. The van der Waals surface area contributed by atoms with Crippen LogP contribution in [0.1, 0.15) is 0 Å². The topological polar surface area (TPSA) is 18.1 Å². The van der Waals surface area contributed by atoms with Gasteiger partial charge in [0.05, 0.1) is 16.7 Å². The zero-order valence-electron chi connectivity index (χ0n) is 27.3. The van der Waals surface area contributed by atoms with Crippen molar-refractivity contribution in [3.63, 3.8) is 0 Å². The van der Waals surface area contributed by atoms with E-state index in [-0.39, 0.29) is 0 Å². The molecule has 0 radical (unpaired) electrons. The summed E-state index contributed by atoms with van der Waals surface area (Å²) in [5, 5.41) is 4.77. The van der Waals surface area contributed by atoms with E-state index in [9.17, 15) is 0 Å². The molecule has 0 aliphatic carbocycles. The first-order valence-corrected chi connectivity index (χ1v) is 17.1. The highest BCUT2D eigenvalue weighted by Gasteiger charge is 2.17. The Morgan fingerprint density at radius 1 is 0.300 bits per heavy atom. The third-order valence-electron chi connectivity index (χ3n) is 10.0. The average molecular weight is 638 g/mol. The van der Waals surface area contributed by atoms with Crippen LogP contribution in [0, 0.1) is 0 Å². The molecule has 10 rings (SSSR count). The van der Waals surface area contributed by atoms with Crippen LogP contribution in [-0.2, 0) is 0 Å². The number of furan rings is 1. The van der Waals surface area contributed by atoms with E-state index in [2.05, 4.69) is 180 Å². The van der Waals surface area contributed by atoms with Crippen LogP contribution in [0.2, 0.25) is 0 Å². The van der Waals surface area contributed by atoms with Gasteiger partial charge in [-0.15, -0.1) is 0 Å². The molecule has 0 aliphatic heterocycles. The summed E-state index contributed by atoms with van der Waals surface area (Å²) in [6, 6.07) is 67.6. The molecule has 50 heavy (non-hydrogen) atoms. The Hall–Kier alpha value is -6.64. The van der Waals surface area contributed by atoms with Crippen LogP contribution in [0.3, 0.4) is 0 Å². The largest absolute Gasteiger partial charge is 0.456 e. The minimum atomic E-state index is 0.915. The van der Waals surface area contributed by atoms with Crippen molar-refractivity contribution in [2.75, 3.05) is 0 Å². The number of hydrogen-bond acceptors (Lipinski definition) is 1. The Kier molecular flexibility index (Phi) is 6.53. The summed E-state index contributed by atoms with van der Waals surface area (Å²) in [5.41, 5.74) is 15.0. The summed E-state index contributed by atoms with van der Waals surface area (Å²) in [7, 11) is 0. The lowest BCUT2D eigenvalue weighted by atomic mass is 9.98. The monoisotopic (exact) mass is 637 g/mol. The molecule has 0 spiro atoms. The second kappa shape index (κ2) is 11.5. The van der Waals surface area contributed by atoms with E-state index in [1.165, 1.54) is 66.3 Å². The third kappa shape index (κ3) is 4.65. The molecule has 2 aromatic heterocycles. The number of para-hydroxylation sites is 2. The van der Waals surface area contributed by atoms with Gasteiger partial charge >= 0.3 is 0 Å². The number of nitrogens with zero attached hydrogens (tertiary/aromatic N) is 1. The summed E-state index contributed by atoms with van der Waals surface area (Å²) in [5.74, 6) is 0. The molecule has 234 valence electrons. The lowest BCUT2D eigenvalue weighted by molar-refractivity contribution is 0.669. The molecule has 0 bridgehead atoms. The van der Waals surface area contributed by atoms with E-state index in [4.69, 9.17) is 4.42 Å². The van der Waals surface area contributed by atoms with Crippen LogP contribution in [0.5, 0.6) is 0 Å². The fourth-order valence-electron chi connectivity index (χ4n) is 7.56. The van der Waals surface area contributed by atoms with Crippen LogP contribution >= 0.6 is 0 Å². The highest BCUT2D eigenvalue weighted by Crippen LogP contribution is 2.40. The maximum atomic E-state index is 6.09. The minimum Gasteiger partial charge on any atom is -0.456 e. The summed E-state index contributed by atoms with van der Waals surface area (Å²) in [6.07, 6.45) is 0. The average Bonchev–Trinajstić information content (AvgIpc) is 3.73. The van der Waals surface area contributed by atoms with Crippen LogP contribution < -0.4 is 0 Å². The molecule has 0 saturated carbocycles. The molecule has 0 fully saturated rings. The van der Waals surface area contributed by atoms with Gasteiger partial charge in [-0.1, -0.05) is 140 Å². The lowest BCUT2D eigenvalue weighted by Crippen LogP contribution is -1.97. The van der Waals surface area contributed by atoms with Gasteiger partial charge in [0.25, 0.3) is 0 Å². The summed E-state index contributed by atoms with van der Waals surface area (Å²) < 4.78 is 8.53. The fraction of sp³-hybridized carbons (Fsp3) is 0. The van der Waals surface area contributed by atoms with E-state index >= 15 is 0 Å². The smallest absolute Gasteiger partial charge is 0.135 e. The van der Waals surface area contributed by atoms with Gasteiger partial charge in [-0.3, -0.25) is 0 Å². The van der Waals surface area contributed by atoms with Gasteiger partial charge in [0.15, 0.2) is 0 Å². The van der Waals surface area contributed by atoms with Crippen molar-refractivity contribution in [3.8, 4) is 50.2 Å². The minimum absolute atomic E-state index is 0.915. The van der Waals surface area contributed by atoms with Gasteiger partial charge in [-0.25, -0.2) is 0 Å². The van der Waals surface area contributed by atoms with Crippen molar-refractivity contribution < 1.29 is 4.42 Å². The van der Waals surface area contributed by atoms with Crippen molar-refractivity contribution in [1.82, 2.24) is 4.57 Å². The van der Waals surface area contributed by atoms with E-state index in [0.29, 0.717) is 0 Å². The molecular formula is C48H31NO. The fourth-order valence-corrected chi connectivity index (χ4v) is 7.56. The Morgan fingerprint density at radius 3 is 1.42 bits per heavy atom. The quantitative estimate of drug-likeness (QED) is 0.184. The third-order valence-corrected chi connectivity index (χ3v) is 10.0. The Morgan fingerprint density at radius 2 is 0.760 bits per heavy atom. The first-order valence-electron chi connectivity index (χ1n) is 17.1. The maximum absolute atomic E-state index is 6.09. The Bertz CT molecular complexity index is 2740. The molecule has 0 N–H and O–H groups in total. The highest BCUT2D eigenvalue weighted by atomic mass is 16.3. The molecule has 0 amide bonds. The van der Waals surface area contributed by atoms with Gasteiger partial charge in [0.2, 0.25) is 0 Å². The Labute approximate surface area is 290 Å². The van der Waals surface area contributed by atoms with Crippen LogP contribution in [0.25, 0.3) is 93.9 Å². The molecule has 2 nitrogen and oxygen atoms in total. The summed E-state index contributed by atoms with van der Waals surface area (Å²) >= 11 is 0. The van der Waals surface area contributed by atoms with Crippen molar-refractivity contribution in [2.24, 2.45) is 0 Å². The van der Waals surface area contributed by atoms with Crippen LogP contribution in [-0.4, -0.2) is 4.57 Å². The molecular weight excluding hydrogens is 607 g/mol. The van der Waals surface area contributed by atoms with E-state index in [0.717, 1.165) is 27.6 Å². The highest BCUT2D eigenvalue weighted by molar-refractivity contribution is 6.12. The standard InChI is InChI=1S/C48H31NO/c1-3-11-32(12-4-1)36-23-26-45-41(29-36)42-30-37(33-13-5-2-6-14-33)24-27-46(42)49(45)44-17-9-7-15-39(44)35-21-19-34(20-22-35)38-25-28-48-43(31-38)40-16-8-10-18-47(40)50-48/h1-31H. The number of benzene rings is 8. The number of fused-ring (bicyclic) bond motifs is 6. The SMILES string of the molecule is c1ccc(-c2ccc3c(c2)c2cc(-c4ccccc4)ccc2n3-c2ccccc2-c2ccc(-c3ccc4oc5ccccc5c4c3)cc2)cc1. The predicted molar refractivity (Wildman–Crippen MR) is 210 cm³/mol. The number of rotatable bonds is 5. The summed E-state index contributed by atoms with van der Waals surface area (Å²) in [6.45, 7) is 0. The summed E-state index contributed by atoms with van der Waals surface area (Å²) in [4.78, 5) is 0. The molecule has 0 atom stereocenters. The molecule has 10 aromatic rings. The first-order chi connectivity index (χ1) is 24.8. The van der Waals surface area contributed by atoms with Crippen LogP contribution in [0.4, 0.5) is 0 Å². The molecule has 2 heterocycles. The molecule has 0 aliphatic rings. The number of aromatic nitrogens is 1. The van der Waals surface area contributed by atoms with Gasteiger partial charge < -0.3 is 8.98 Å². The van der Waals surface area contributed by atoms with E-state index in [1.54, 1.807) is 0 Å². The van der Waals surface area contributed by atoms with Crippen molar-refractivity contribution >= 4 is 43.7 Å². The van der Waals surface area contributed by atoms with Gasteiger partial charge in [-0.2, -0.15) is 0 Å². The Balaban J connectivity index is 1.12. The van der Waals surface area contributed by atoms with Crippen molar-refractivity contribution in [1.29, 1.82) is 0 Å². The van der Waals surface area contributed by atoms with Gasteiger partial charge in [0.1, 0.15) is 11.2 Å². The van der Waals surface area contributed by atoms with E-state index < -0.39 is 0 Å². The van der Waals surface area contributed by atoms with Crippen LogP contribution in [0.15, 0.2) is 192 Å². The van der Waals surface area contributed by atoms with Gasteiger partial charge in [-0.05, 0) is 87.5 Å². The number of hydrogen-bond donors (Lipinski definition) is 0. The normalized spacial score (nSPS) is 11.6. The first kappa shape index (κ1) is 28.4. The van der Waals surface area contributed by atoms with Crippen molar-refractivity contribution in [2.45, 2.75) is 0 Å². The van der Waals surface area contributed by atoms with E-state index in [1.807, 2.05) is 12.1 Å².